The summed E-state index contributed by atoms with van der Waals surface area (Å²) in [5, 5.41) is 12.4. The van der Waals surface area contributed by atoms with Gasteiger partial charge in [-0.3, -0.25) is 23.4 Å². The minimum Gasteiger partial charge on any atom is -0.508 e. The van der Waals surface area contributed by atoms with E-state index < -0.39 is 50.6 Å². The van der Waals surface area contributed by atoms with Crippen molar-refractivity contribution in [2.45, 2.75) is 200 Å². The topological polar surface area (TPSA) is 188 Å². The SMILES string of the molecule is CCCCCCCCCCC/C=C\CCCCC(=O)OCC(COP(=O)(O)OCCNC(=O)c1cc2ccc(O)cc2oc1=O)OC(=O)CCCC/C=C\CCCCCCCCCCC. The van der Waals surface area contributed by atoms with Gasteiger partial charge in [-0.25, -0.2) is 9.36 Å². The van der Waals surface area contributed by atoms with Gasteiger partial charge in [0, 0.05) is 30.8 Å². The van der Waals surface area contributed by atoms with E-state index in [0.717, 1.165) is 38.5 Å². The minimum atomic E-state index is -4.72. The molecule has 2 rings (SSSR count). The molecule has 0 aliphatic heterocycles. The Bertz CT molecular complexity index is 1760. The number of unbranched alkanes of at least 4 members (excludes halogenated alkanes) is 22. The molecule has 0 aliphatic rings. The molecule has 0 fully saturated rings. The molecule has 0 saturated heterocycles. The molecule has 2 aromatic rings. The number of ether oxygens (including phenoxy) is 2. The standard InChI is InChI=1S/C51H82NO12P/c1-3-5-7-9-11-13-15-17-19-21-23-25-27-29-31-33-48(54)60-41-45(63-49(55)34-32-30-28-26-24-22-20-18-16-14-12-10-8-6-4-2)42-62-65(58,59)61-38-37-52-50(56)46-39-43-35-36-44(53)40-47(43)64-51(46)57/h23-26,35-36,39-40,45,53H,3-22,27-34,37-38,41-42H2,1-2H3,(H,52,56)(H,58,59)/b25-23-,26-24-. The molecule has 0 saturated carbocycles. The second kappa shape index (κ2) is 37.3. The molecule has 14 heteroatoms. The van der Waals surface area contributed by atoms with Crippen LogP contribution in [0, 0.1) is 0 Å². The second-order valence-electron chi connectivity index (χ2n) is 17.0. The van der Waals surface area contributed by atoms with Gasteiger partial charge in [0.15, 0.2) is 6.10 Å². The zero-order valence-corrected chi connectivity index (χ0v) is 40.6. The van der Waals surface area contributed by atoms with Crippen LogP contribution in [0.2, 0.25) is 0 Å². The normalized spacial score (nSPS) is 13.1. The highest BCUT2D eigenvalue weighted by Crippen LogP contribution is 2.43. The van der Waals surface area contributed by atoms with Crippen LogP contribution in [0.5, 0.6) is 5.75 Å². The van der Waals surface area contributed by atoms with Crippen molar-refractivity contribution < 1.29 is 51.9 Å². The molecule has 1 aromatic heterocycles. The van der Waals surface area contributed by atoms with E-state index in [4.69, 9.17) is 22.9 Å². The van der Waals surface area contributed by atoms with Crippen molar-refractivity contribution >= 4 is 36.6 Å². The molecule has 0 spiro atoms. The first-order valence-corrected chi connectivity index (χ1v) is 26.4. The molecule has 1 heterocycles. The van der Waals surface area contributed by atoms with Crippen LogP contribution in [0.25, 0.3) is 11.0 Å². The van der Waals surface area contributed by atoms with Gasteiger partial charge in [0.1, 0.15) is 23.5 Å². The third-order valence-corrected chi connectivity index (χ3v) is 12.0. The number of rotatable bonds is 41. The molecule has 368 valence electrons. The van der Waals surface area contributed by atoms with Crippen LogP contribution in [0.15, 0.2) is 57.8 Å². The number of allylic oxidation sites excluding steroid dienone is 4. The van der Waals surface area contributed by atoms with Crippen molar-refractivity contribution in [1.29, 1.82) is 0 Å². The van der Waals surface area contributed by atoms with Crippen molar-refractivity contribution in [3.63, 3.8) is 0 Å². The third kappa shape index (κ3) is 30.2. The van der Waals surface area contributed by atoms with E-state index in [9.17, 15) is 33.7 Å². The first-order valence-electron chi connectivity index (χ1n) is 24.9. The summed E-state index contributed by atoms with van der Waals surface area (Å²) in [6.07, 6.45) is 38.0. The van der Waals surface area contributed by atoms with Gasteiger partial charge in [-0.05, 0) is 82.4 Å². The van der Waals surface area contributed by atoms with Crippen LogP contribution in [-0.2, 0) is 32.7 Å². The average molecular weight is 932 g/mol. The Kier molecular flexibility index (Phi) is 32.9. The van der Waals surface area contributed by atoms with Gasteiger partial charge < -0.3 is 29.2 Å². The Morgan fingerprint density at radius 1 is 0.662 bits per heavy atom. The Labute approximate surface area is 389 Å². The maximum Gasteiger partial charge on any atom is 0.472 e. The highest BCUT2D eigenvalue weighted by molar-refractivity contribution is 7.47. The molecule has 1 amide bonds. The number of carbonyl (C=O) groups is 3. The van der Waals surface area contributed by atoms with E-state index in [2.05, 4.69) is 43.5 Å². The number of benzene rings is 1. The summed E-state index contributed by atoms with van der Waals surface area (Å²) in [5.74, 6) is -1.93. The summed E-state index contributed by atoms with van der Waals surface area (Å²) >= 11 is 0. The van der Waals surface area contributed by atoms with E-state index in [1.165, 1.54) is 140 Å². The molecule has 2 atom stereocenters. The number of amides is 1. The molecule has 1 aromatic carbocycles. The van der Waals surface area contributed by atoms with Crippen molar-refractivity contribution in [1.82, 2.24) is 5.32 Å². The maximum absolute atomic E-state index is 12.8. The van der Waals surface area contributed by atoms with Crippen molar-refractivity contribution in [2.75, 3.05) is 26.4 Å². The molecule has 3 N–H and O–H groups in total. The minimum absolute atomic E-state index is 0.104. The van der Waals surface area contributed by atoms with Crippen LogP contribution in [0.4, 0.5) is 0 Å². The predicted molar refractivity (Wildman–Crippen MR) is 258 cm³/mol. The first-order chi connectivity index (χ1) is 31.5. The smallest absolute Gasteiger partial charge is 0.472 e. The van der Waals surface area contributed by atoms with Gasteiger partial charge >= 0.3 is 25.4 Å². The van der Waals surface area contributed by atoms with Gasteiger partial charge in [-0.2, -0.15) is 0 Å². The number of hydrogen-bond acceptors (Lipinski definition) is 11. The first kappa shape index (κ1) is 57.4. The van der Waals surface area contributed by atoms with Crippen LogP contribution < -0.4 is 10.9 Å². The molecule has 0 radical (unpaired) electrons. The number of phosphoric acid groups is 1. The predicted octanol–water partition coefficient (Wildman–Crippen LogP) is 12.9. The fourth-order valence-electron chi connectivity index (χ4n) is 7.19. The second-order valence-corrected chi connectivity index (χ2v) is 18.4. The van der Waals surface area contributed by atoms with E-state index in [1.807, 2.05) is 0 Å². The summed E-state index contributed by atoms with van der Waals surface area (Å²) < 4.78 is 38.9. The van der Waals surface area contributed by atoms with Crippen molar-refractivity contribution in [3.05, 3.63) is 64.6 Å². The Hall–Kier alpha value is -3.77. The number of hydrogen-bond donors (Lipinski definition) is 3. The Balaban J connectivity index is 1.74. The van der Waals surface area contributed by atoms with E-state index in [0.29, 0.717) is 18.2 Å². The number of carbonyl (C=O) groups excluding carboxylic acids is 3. The van der Waals surface area contributed by atoms with Gasteiger partial charge in [0.05, 0.1) is 13.2 Å². The van der Waals surface area contributed by atoms with E-state index >= 15 is 0 Å². The Morgan fingerprint density at radius 2 is 1.15 bits per heavy atom. The van der Waals surface area contributed by atoms with Crippen LogP contribution in [-0.4, -0.2) is 60.3 Å². The zero-order valence-electron chi connectivity index (χ0n) is 39.7. The molecule has 0 aliphatic carbocycles. The van der Waals surface area contributed by atoms with Crippen LogP contribution in [0.3, 0.4) is 0 Å². The maximum atomic E-state index is 12.8. The van der Waals surface area contributed by atoms with Gasteiger partial charge in [-0.15, -0.1) is 0 Å². The third-order valence-electron chi connectivity index (χ3n) is 11.0. The fraction of sp³-hybridized carbons (Fsp3) is 0.686. The summed E-state index contributed by atoms with van der Waals surface area (Å²) in [4.78, 5) is 60.7. The molecular formula is C51H82NO12P. The quantitative estimate of drug-likeness (QED) is 0.0188. The number of phosphoric ester groups is 1. The lowest BCUT2D eigenvalue weighted by atomic mass is 10.1. The van der Waals surface area contributed by atoms with Gasteiger partial charge in [0.2, 0.25) is 0 Å². The van der Waals surface area contributed by atoms with E-state index in [1.54, 1.807) is 0 Å². The summed E-state index contributed by atoms with van der Waals surface area (Å²) in [6, 6.07) is 5.42. The lowest BCUT2D eigenvalue weighted by Crippen LogP contribution is -2.31. The molecule has 65 heavy (non-hydrogen) atoms. The van der Waals surface area contributed by atoms with Gasteiger partial charge in [0.25, 0.3) is 5.91 Å². The monoisotopic (exact) mass is 932 g/mol. The van der Waals surface area contributed by atoms with Crippen LogP contribution in [0.1, 0.15) is 204 Å². The lowest BCUT2D eigenvalue weighted by Gasteiger charge is -2.20. The largest absolute Gasteiger partial charge is 0.508 e. The number of phenolic OH excluding ortho intramolecular Hbond substituents is 1. The number of phenols is 1. The van der Waals surface area contributed by atoms with Crippen molar-refractivity contribution in [2.24, 2.45) is 0 Å². The summed E-state index contributed by atoms with van der Waals surface area (Å²) in [7, 11) is -4.72. The summed E-state index contributed by atoms with van der Waals surface area (Å²) in [5.41, 5.74) is -1.13. The van der Waals surface area contributed by atoms with Crippen molar-refractivity contribution in [3.8, 4) is 5.75 Å². The number of fused-ring (bicyclic) bond motifs is 1. The van der Waals surface area contributed by atoms with Crippen LogP contribution >= 0.6 is 7.82 Å². The van der Waals surface area contributed by atoms with E-state index in [-0.39, 0.29) is 42.9 Å². The lowest BCUT2D eigenvalue weighted by molar-refractivity contribution is -0.161. The molecule has 0 bridgehead atoms. The van der Waals surface area contributed by atoms with Gasteiger partial charge in [-0.1, -0.05) is 141 Å². The highest BCUT2D eigenvalue weighted by atomic mass is 31.2. The average Bonchev–Trinajstić information content (AvgIpc) is 3.28. The molecular weight excluding hydrogens is 850 g/mol. The molecule has 2 unspecified atom stereocenters. The fourth-order valence-corrected chi connectivity index (χ4v) is 7.94. The Morgan fingerprint density at radius 3 is 1.69 bits per heavy atom. The number of esters is 2. The number of aromatic hydroxyl groups is 1. The zero-order chi connectivity index (χ0) is 47.2. The number of nitrogens with one attached hydrogen (secondary N) is 1. The molecule has 13 nitrogen and oxygen atoms in total. The highest BCUT2D eigenvalue weighted by Gasteiger charge is 2.26. The summed E-state index contributed by atoms with van der Waals surface area (Å²) in [6.45, 7) is 2.80.